The summed E-state index contributed by atoms with van der Waals surface area (Å²) in [6, 6.07) is 29.6. The van der Waals surface area contributed by atoms with Gasteiger partial charge in [-0.1, -0.05) is 48.5 Å². The van der Waals surface area contributed by atoms with E-state index < -0.39 is 35.8 Å². The third-order valence-electron chi connectivity index (χ3n) is 10.5. The van der Waals surface area contributed by atoms with Crippen molar-refractivity contribution in [2.45, 2.75) is 51.4 Å². The Morgan fingerprint density at radius 1 is 0.475 bits per heavy atom. The van der Waals surface area contributed by atoms with Crippen molar-refractivity contribution in [1.82, 2.24) is 0 Å². The minimum Gasteiger partial charge on any atom is -0.548 e. The third kappa shape index (κ3) is 16.4. The fraction of sp³-hybridized carbons (Fsp3) is 0.391. The smallest absolute Gasteiger partial charge is 0.548 e. The van der Waals surface area contributed by atoms with Gasteiger partial charge >= 0.3 is 35.2 Å². The summed E-state index contributed by atoms with van der Waals surface area (Å²) in [5.74, 6) is -2.20. The van der Waals surface area contributed by atoms with Gasteiger partial charge in [0.25, 0.3) is 0 Å². The maximum absolute atomic E-state index is 13.7. The van der Waals surface area contributed by atoms with E-state index in [4.69, 9.17) is 18.9 Å². The molecule has 61 heavy (non-hydrogen) atoms. The van der Waals surface area contributed by atoms with Crippen LogP contribution >= 0.6 is 0 Å². The minimum absolute atomic E-state index is 0. The second-order valence-electron chi connectivity index (χ2n) is 15.0. The van der Waals surface area contributed by atoms with Crippen LogP contribution in [0.15, 0.2) is 109 Å². The summed E-state index contributed by atoms with van der Waals surface area (Å²) in [5, 5.41) is 20.8. The van der Waals surface area contributed by atoms with Gasteiger partial charge < -0.3 is 38.7 Å². The van der Waals surface area contributed by atoms with Crippen molar-refractivity contribution in [3.8, 4) is 0 Å². The van der Waals surface area contributed by atoms with Crippen LogP contribution in [0.5, 0.6) is 0 Å². The number of halogens is 2. The predicted octanol–water partition coefficient (Wildman–Crippen LogP) is 6.97. The third-order valence-corrected chi connectivity index (χ3v) is 10.5. The van der Waals surface area contributed by atoms with E-state index in [9.17, 15) is 38.2 Å². The summed E-state index contributed by atoms with van der Waals surface area (Å²) in [5.41, 5.74) is 2.00. The average molecular weight is 853 g/mol. The first-order chi connectivity index (χ1) is 29.0. The summed E-state index contributed by atoms with van der Waals surface area (Å²) in [6.07, 6.45) is 5.95. The Labute approximate surface area is 370 Å². The van der Waals surface area contributed by atoms with Crippen molar-refractivity contribution in [1.29, 1.82) is 0 Å². The molecule has 0 heterocycles. The Kier molecular flexibility index (Phi) is 20.4. The topological polar surface area (TPSA) is 158 Å². The summed E-state index contributed by atoms with van der Waals surface area (Å²) in [7, 11) is 0. The maximum Gasteiger partial charge on any atom is 2.00 e. The molecule has 4 aromatic carbocycles. The number of para-hydroxylation sites is 2. The molecule has 320 valence electrons. The van der Waals surface area contributed by atoms with Gasteiger partial charge in [-0.05, 0) is 136 Å². The van der Waals surface area contributed by atoms with E-state index in [1.165, 1.54) is 34.1 Å². The molecule has 0 bridgehead atoms. The largest absolute Gasteiger partial charge is 2.00 e. The van der Waals surface area contributed by atoms with Gasteiger partial charge in [0.15, 0.2) is 0 Å². The van der Waals surface area contributed by atoms with Crippen LogP contribution in [0.2, 0.25) is 0 Å². The van der Waals surface area contributed by atoms with Gasteiger partial charge in [0, 0.05) is 13.2 Å². The van der Waals surface area contributed by atoms with Gasteiger partial charge in [0.1, 0.15) is 11.6 Å². The van der Waals surface area contributed by atoms with Gasteiger partial charge in [-0.15, -0.1) is 0 Å². The Balaban J connectivity index is 0.000000264. The molecule has 2 aliphatic rings. The van der Waals surface area contributed by atoms with Crippen molar-refractivity contribution in [3.05, 3.63) is 121 Å². The molecule has 0 saturated heterocycles. The number of nitrogens with zero attached hydrogens (tertiary/aromatic N) is 2. The number of carboxylic acids is 2. The van der Waals surface area contributed by atoms with Crippen molar-refractivity contribution in [3.63, 3.8) is 0 Å². The zero-order chi connectivity index (χ0) is 42.7. The van der Waals surface area contributed by atoms with Gasteiger partial charge in [0.2, 0.25) is 0 Å². The second-order valence-corrected chi connectivity index (χ2v) is 15.0. The van der Waals surface area contributed by atoms with Crippen molar-refractivity contribution in [2.24, 2.45) is 23.7 Å². The van der Waals surface area contributed by atoms with Crippen LogP contribution in [0, 0.1) is 35.3 Å². The molecular formula is C46H50F2MgN2O10. The quantitative estimate of drug-likeness (QED) is 0.108. The Morgan fingerprint density at radius 3 is 1.10 bits per heavy atom. The van der Waals surface area contributed by atoms with Crippen LogP contribution in [0.4, 0.5) is 41.1 Å². The molecule has 0 aromatic heterocycles. The summed E-state index contributed by atoms with van der Waals surface area (Å²) in [4.78, 5) is 49.3. The van der Waals surface area contributed by atoms with Crippen LogP contribution in [0.1, 0.15) is 51.4 Å². The Bertz CT molecular complexity index is 1820. The molecule has 0 spiro atoms. The van der Waals surface area contributed by atoms with E-state index in [2.05, 4.69) is 0 Å². The number of anilines is 4. The number of carbonyl (C=O) groups excluding carboxylic acids is 4. The monoisotopic (exact) mass is 852 g/mol. The number of rotatable bonds is 16. The molecule has 2 aliphatic carbocycles. The normalized spacial score (nSPS) is 18.3. The second kappa shape index (κ2) is 25.6. The SMILES string of the molecule is O=C([O-])COC[C@H]1CC[C@H](COC(=O)N(c2ccccc2)c2cccc(F)c2)CC1.O=C([O-])COC[C@H]1CC[C@H](COC(=O)N(c2ccccc2)c2cccc(F)c2)CC1.[Mg+2]. The number of hydrogen-bond donors (Lipinski definition) is 0. The number of aliphatic carboxylic acids is 2. The van der Waals surface area contributed by atoms with Crippen LogP contribution < -0.4 is 20.0 Å². The molecule has 0 unspecified atom stereocenters. The molecule has 2 amide bonds. The zero-order valence-electron chi connectivity index (χ0n) is 34.0. The number of carbonyl (C=O) groups is 4. The molecule has 4 aromatic rings. The first-order valence-electron chi connectivity index (χ1n) is 20.2. The summed E-state index contributed by atoms with van der Waals surface area (Å²) in [6.45, 7) is 0.609. The Morgan fingerprint density at radius 2 is 0.787 bits per heavy atom. The molecule has 0 radical (unpaired) electrons. The zero-order valence-corrected chi connectivity index (χ0v) is 35.5. The number of hydrogen-bond acceptors (Lipinski definition) is 10. The number of benzene rings is 4. The fourth-order valence-electron chi connectivity index (χ4n) is 7.36. The predicted molar refractivity (Wildman–Crippen MR) is 221 cm³/mol. The molecule has 0 atom stereocenters. The average Bonchev–Trinajstić information content (AvgIpc) is 3.24. The van der Waals surface area contributed by atoms with Crippen molar-refractivity contribution >= 4 is 69.9 Å². The van der Waals surface area contributed by atoms with Crippen LogP contribution in [0.25, 0.3) is 0 Å². The molecule has 2 fully saturated rings. The standard InChI is InChI=1S/2C23H26FNO5.Mg/c2*24-19-5-4-8-21(13-19)25(20-6-2-1-3-7-20)23(28)30-15-18-11-9-17(10-12-18)14-29-16-22(26)27;/h2*1-8,13,17-18H,9-12,14-16H2,(H,26,27);/q;;+2/p-2/t2*17-,18-;. The number of ether oxygens (including phenoxy) is 4. The van der Waals surface area contributed by atoms with Gasteiger partial charge in [-0.3, -0.25) is 0 Å². The van der Waals surface area contributed by atoms with Crippen LogP contribution in [-0.4, -0.2) is 86.8 Å². The first kappa shape index (κ1) is 48.6. The summed E-state index contributed by atoms with van der Waals surface area (Å²) < 4.78 is 48.9. The number of amides is 2. The molecule has 12 nitrogen and oxygen atoms in total. The Hall–Kier alpha value is -5.09. The van der Waals surface area contributed by atoms with E-state index >= 15 is 0 Å². The molecule has 2 saturated carbocycles. The summed E-state index contributed by atoms with van der Waals surface area (Å²) >= 11 is 0. The van der Waals surface area contributed by atoms with E-state index in [0.29, 0.717) is 47.8 Å². The molecule has 0 aliphatic heterocycles. The van der Waals surface area contributed by atoms with E-state index in [0.717, 1.165) is 51.4 Å². The van der Waals surface area contributed by atoms with E-state index in [-0.39, 0.29) is 61.3 Å². The van der Waals surface area contributed by atoms with E-state index in [1.807, 2.05) is 12.1 Å². The molecule has 0 N–H and O–H groups in total. The number of carboxylic acid groups (broad SMARTS) is 2. The first-order valence-corrected chi connectivity index (χ1v) is 20.2. The maximum atomic E-state index is 13.7. The molecular weight excluding hydrogens is 803 g/mol. The van der Waals surface area contributed by atoms with Crippen molar-refractivity contribution < 1.29 is 57.1 Å². The van der Waals surface area contributed by atoms with Crippen molar-refractivity contribution in [2.75, 3.05) is 49.4 Å². The van der Waals surface area contributed by atoms with Gasteiger partial charge in [-0.25, -0.2) is 28.2 Å². The van der Waals surface area contributed by atoms with Crippen LogP contribution in [0.3, 0.4) is 0 Å². The fourth-order valence-corrected chi connectivity index (χ4v) is 7.36. The van der Waals surface area contributed by atoms with Gasteiger partial charge in [0.05, 0.1) is 61.1 Å². The van der Waals surface area contributed by atoms with Crippen LogP contribution in [-0.2, 0) is 28.5 Å². The van der Waals surface area contributed by atoms with Gasteiger partial charge in [-0.2, -0.15) is 0 Å². The molecule has 6 rings (SSSR count). The van der Waals surface area contributed by atoms with E-state index in [1.54, 1.807) is 72.8 Å². The molecule has 15 heteroatoms. The minimum atomic E-state index is -1.21.